The Balaban J connectivity index is 1.72. The molecule has 3 rings (SSSR count). The Hall–Kier alpha value is -2.15. The van der Waals surface area contributed by atoms with Gasteiger partial charge in [-0.3, -0.25) is 9.88 Å². The number of amides is 2. The minimum Gasteiger partial charge on any atom is -0.395 e. The fourth-order valence-electron chi connectivity index (χ4n) is 3.10. The summed E-state index contributed by atoms with van der Waals surface area (Å²) in [7, 11) is 0. The number of pyridine rings is 1. The Morgan fingerprint density at radius 2 is 1.69 bits per heavy atom. The third-order valence-corrected chi connectivity index (χ3v) is 4.84. The van der Waals surface area contributed by atoms with Gasteiger partial charge >= 0.3 is 6.03 Å². The van der Waals surface area contributed by atoms with Crippen molar-refractivity contribution < 1.29 is 9.90 Å². The zero-order valence-corrected chi connectivity index (χ0v) is 15.3. The molecule has 26 heavy (non-hydrogen) atoms. The number of carbonyl (C=O) groups is 1. The number of piperazine rings is 1. The number of aromatic nitrogens is 1. The number of urea groups is 1. The van der Waals surface area contributed by atoms with E-state index in [2.05, 4.69) is 15.2 Å². The Kier molecular flexibility index (Phi) is 6.44. The predicted octanol–water partition coefficient (Wildman–Crippen LogP) is 2.14. The van der Waals surface area contributed by atoms with E-state index in [-0.39, 0.29) is 18.7 Å². The highest BCUT2D eigenvalue weighted by Crippen LogP contribution is 2.23. The highest BCUT2D eigenvalue weighted by molar-refractivity contribution is 6.30. The Labute approximate surface area is 158 Å². The van der Waals surface area contributed by atoms with Crippen molar-refractivity contribution in [1.29, 1.82) is 0 Å². The molecule has 1 aromatic heterocycles. The van der Waals surface area contributed by atoms with Crippen LogP contribution in [-0.4, -0.2) is 65.3 Å². The number of aliphatic hydroxyl groups excluding tert-OH is 1. The van der Waals surface area contributed by atoms with Crippen LogP contribution in [0.15, 0.2) is 48.8 Å². The topological polar surface area (TPSA) is 68.7 Å². The van der Waals surface area contributed by atoms with Gasteiger partial charge in [0.15, 0.2) is 0 Å². The van der Waals surface area contributed by atoms with E-state index in [1.165, 1.54) is 0 Å². The van der Waals surface area contributed by atoms with E-state index in [9.17, 15) is 4.79 Å². The van der Waals surface area contributed by atoms with Crippen molar-refractivity contribution in [3.05, 3.63) is 64.9 Å². The molecule has 7 heteroatoms. The summed E-state index contributed by atoms with van der Waals surface area (Å²) in [5.41, 5.74) is 1.93. The van der Waals surface area contributed by atoms with E-state index in [1.54, 1.807) is 12.4 Å². The monoisotopic (exact) mass is 374 g/mol. The van der Waals surface area contributed by atoms with E-state index < -0.39 is 0 Å². The van der Waals surface area contributed by atoms with Gasteiger partial charge in [-0.15, -0.1) is 0 Å². The average Bonchev–Trinajstić information content (AvgIpc) is 2.68. The number of nitrogens with zero attached hydrogens (tertiary/aromatic N) is 3. The van der Waals surface area contributed by atoms with Crippen molar-refractivity contribution in [2.24, 2.45) is 0 Å². The van der Waals surface area contributed by atoms with Crippen molar-refractivity contribution in [1.82, 2.24) is 20.1 Å². The number of β-amino-alcohol motifs (C(OH)–C–C–N with tert-alkyl or cyclic N) is 1. The summed E-state index contributed by atoms with van der Waals surface area (Å²) >= 11 is 6.00. The second kappa shape index (κ2) is 8.98. The molecule has 6 nitrogen and oxygen atoms in total. The summed E-state index contributed by atoms with van der Waals surface area (Å²) in [5, 5.41) is 12.8. The molecule has 2 amide bonds. The van der Waals surface area contributed by atoms with Crippen LogP contribution in [0.3, 0.4) is 0 Å². The minimum atomic E-state index is -0.266. The number of nitrogens with one attached hydrogen (secondary N) is 1. The van der Waals surface area contributed by atoms with Crippen molar-refractivity contribution in [3.63, 3.8) is 0 Å². The fraction of sp³-hybridized carbons (Fsp3) is 0.368. The lowest BCUT2D eigenvalue weighted by atomic mass is 10.00. The van der Waals surface area contributed by atoms with Crippen molar-refractivity contribution in [2.75, 3.05) is 39.3 Å². The van der Waals surface area contributed by atoms with Gasteiger partial charge in [0.05, 0.1) is 12.6 Å². The molecule has 2 heterocycles. The van der Waals surface area contributed by atoms with Gasteiger partial charge in [-0.2, -0.15) is 0 Å². The van der Waals surface area contributed by atoms with Crippen LogP contribution in [0.4, 0.5) is 4.79 Å². The van der Waals surface area contributed by atoms with Gasteiger partial charge in [-0.05, 0) is 35.4 Å². The summed E-state index contributed by atoms with van der Waals surface area (Å²) in [5.74, 6) is 0. The van der Waals surface area contributed by atoms with Crippen molar-refractivity contribution >= 4 is 17.6 Å². The molecule has 0 aliphatic carbocycles. The number of halogens is 1. The molecule has 0 saturated carbocycles. The average molecular weight is 375 g/mol. The number of aliphatic hydroxyl groups is 1. The van der Waals surface area contributed by atoms with Crippen LogP contribution in [0, 0.1) is 0 Å². The van der Waals surface area contributed by atoms with Gasteiger partial charge in [-0.25, -0.2) is 4.79 Å². The lowest BCUT2D eigenvalue weighted by Gasteiger charge is -2.35. The van der Waals surface area contributed by atoms with Crippen LogP contribution in [-0.2, 0) is 0 Å². The quantitative estimate of drug-likeness (QED) is 0.841. The van der Waals surface area contributed by atoms with Gasteiger partial charge in [0, 0.05) is 50.1 Å². The second-order valence-corrected chi connectivity index (χ2v) is 6.70. The summed E-state index contributed by atoms with van der Waals surface area (Å²) < 4.78 is 0. The minimum absolute atomic E-state index is 0.0922. The van der Waals surface area contributed by atoms with Crippen LogP contribution in [0.25, 0.3) is 0 Å². The molecule has 0 spiro atoms. The van der Waals surface area contributed by atoms with Crippen molar-refractivity contribution in [3.8, 4) is 0 Å². The van der Waals surface area contributed by atoms with Crippen LogP contribution < -0.4 is 5.32 Å². The molecule has 138 valence electrons. The first kappa shape index (κ1) is 18.6. The highest BCUT2D eigenvalue weighted by atomic mass is 35.5. The van der Waals surface area contributed by atoms with E-state index in [0.717, 1.165) is 24.2 Å². The fourth-order valence-corrected chi connectivity index (χ4v) is 3.23. The van der Waals surface area contributed by atoms with Gasteiger partial charge in [-0.1, -0.05) is 23.7 Å². The highest BCUT2D eigenvalue weighted by Gasteiger charge is 2.24. The van der Waals surface area contributed by atoms with Gasteiger partial charge < -0.3 is 15.3 Å². The molecule has 0 radical (unpaired) electrons. The maximum atomic E-state index is 12.8. The molecule has 1 aliphatic rings. The molecule has 1 atom stereocenters. The molecular formula is C19H23ClN4O2. The molecule has 1 fully saturated rings. The lowest BCUT2D eigenvalue weighted by molar-refractivity contribution is 0.121. The largest absolute Gasteiger partial charge is 0.395 e. The first-order valence-corrected chi connectivity index (χ1v) is 9.09. The predicted molar refractivity (Wildman–Crippen MR) is 101 cm³/mol. The SMILES string of the molecule is O=C(N[C@@H](c1ccncc1)c1ccc(Cl)cc1)N1CCN(CCO)CC1. The number of hydrogen-bond acceptors (Lipinski definition) is 4. The van der Waals surface area contributed by atoms with Crippen LogP contribution >= 0.6 is 11.6 Å². The second-order valence-electron chi connectivity index (χ2n) is 6.27. The molecular weight excluding hydrogens is 352 g/mol. The number of hydrogen-bond donors (Lipinski definition) is 2. The number of rotatable bonds is 5. The van der Waals surface area contributed by atoms with Crippen LogP contribution in [0.1, 0.15) is 17.2 Å². The van der Waals surface area contributed by atoms with E-state index in [0.29, 0.717) is 24.7 Å². The first-order chi connectivity index (χ1) is 12.7. The number of benzene rings is 1. The van der Waals surface area contributed by atoms with Gasteiger partial charge in [0.25, 0.3) is 0 Å². The molecule has 2 aromatic rings. The molecule has 2 N–H and O–H groups in total. The molecule has 0 bridgehead atoms. The van der Waals surface area contributed by atoms with Crippen molar-refractivity contribution in [2.45, 2.75) is 6.04 Å². The Bertz CT molecular complexity index is 703. The Morgan fingerprint density at radius 3 is 2.31 bits per heavy atom. The number of carbonyl (C=O) groups excluding carboxylic acids is 1. The van der Waals surface area contributed by atoms with E-state index in [1.807, 2.05) is 41.3 Å². The zero-order chi connectivity index (χ0) is 18.4. The summed E-state index contributed by atoms with van der Waals surface area (Å²) in [6.45, 7) is 3.64. The van der Waals surface area contributed by atoms with Gasteiger partial charge in [0.1, 0.15) is 0 Å². The molecule has 0 unspecified atom stereocenters. The molecule has 1 aromatic carbocycles. The normalized spacial score (nSPS) is 16.3. The first-order valence-electron chi connectivity index (χ1n) is 8.71. The summed E-state index contributed by atoms with van der Waals surface area (Å²) in [4.78, 5) is 20.8. The summed E-state index contributed by atoms with van der Waals surface area (Å²) in [6, 6.07) is 10.9. The maximum Gasteiger partial charge on any atom is 0.318 e. The van der Waals surface area contributed by atoms with E-state index in [4.69, 9.17) is 16.7 Å². The maximum absolute atomic E-state index is 12.8. The van der Waals surface area contributed by atoms with Crippen LogP contribution in [0.2, 0.25) is 5.02 Å². The third-order valence-electron chi connectivity index (χ3n) is 4.59. The molecule has 1 saturated heterocycles. The molecule has 1 aliphatic heterocycles. The zero-order valence-electron chi connectivity index (χ0n) is 14.5. The van der Waals surface area contributed by atoms with Crippen LogP contribution in [0.5, 0.6) is 0 Å². The smallest absolute Gasteiger partial charge is 0.318 e. The summed E-state index contributed by atoms with van der Waals surface area (Å²) in [6.07, 6.45) is 3.44. The van der Waals surface area contributed by atoms with Gasteiger partial charge in [0.2, 0.25) is 0 Å². The standard InChI is InChI=1S/C19H23ClN4O2/c20-17-3-1-15(2-4-17)18(16-5-7-21-8-6-16)22-19(26)24-11-9-23(10-12-24)13-14-25/h1-8,18,25H,9-14H2,(H,22,26)/t18-/m1/s1. The van der Waals surface area contributed by atoms with E-state index >= 15 is 0 Å². The Morgan fingerprint density at radius 1 is 1.08 bits per heavy atom. The lowest BCUT2D eigenvalue weighted by Crippen LogP contribution is -2.52. The third kappa shape index (κ3) is 4.72.